The number of rotatable bonds is 12. The summed E-state index contributed by atoms with van der Waals surface area (Å²) in [5, 5.41) is 9.97. The summed E-state index contributed by atoms with van der Waals surface area (Å²) in [5.74, 6) is -0.405. The van der Waals surface area contributed by atoms with Crippen LogP contribution in [0.5, 0.6) is 5.75 Å². The van der Waals surface area contributed by atoms with Crippen molar-refractivity contribution in [2.75, 3.05) is 6.61 Å². The van der Waals surface area contributed by atoms with Crippen molar-refractivity contribution in [3.8, 4) is 17.2 Å². The Morgan fingerprint density at radius 3 is 2.14 bits per heavy atom. The lowest BCUT2D eigenvalue weighted by Gasteiger charge is -2.16. The Hall–Kier alpha value is -5.30. The molecule has 0 aliphatic rings. The van der Waals surface area contributed by atoms with E-state index in [1.165, 1.54) is 0 Å². The number of ketones is 1. The maximum absolute atomic E-state index is 13.1. The lowest BCUT2D eigenvalue weighted by molar-refractivity contribution is -0.141. The van der Waals surface area contributed by atoms with Crippen molar-refractivity contribution < 1.29 is 28.6 Å². The SMILES string of the molecule is C=O.O=C(c1ccccc1)c1ccccc1C[C@@H](Cc1ccc(OCCc2coc(-c3ccccc3)n2)cc1)C(=O)O. The van der Waals surface area contributed by atoms with Gasteiger partial charge in [0.15, 0.2) is 5.78 Å². The van der Waals surface area contributed by atoms with Crippen LogP contribution in [-0.2, 0) is 28.9 Å². The third-order valence-electron chi connectivity index (χ3n) is 6.72. The molecule has 1 aromatic heterocycles. The highest BCUT2D eigenvalue weighted by Crippen LogP contribution is 2.23. The Morgan fingerprint density at radius 1 is 0.810 bits per heavy atom. The Bertz CT molecular complexity index is 1580. The molecular formula is C35H31NO6. The number of benzene rings is 4. The lowest BCUT2D eigenvalue weighted by atomic mass is 9.88. The van der Waals surface area contributed by atoms with Gasteiger partial charge >= 0.3 is 5.97 Å². The first-order chi connectivity index (χ1) is 20.6. The smallest absolute Gasteiger partial charge is 0.307 e. The van der Waals surface area contributed by atoms with Crippen LogP contribution in [0.25, 0.3) is 11.5 Å². The molecule has 0 amide bonds. The molecule has 212 valence electrons. The molecule has 5 rings (SSSR count). The summed E-state index contributed by atoms with van der Waals surface area (Å²) in [6.45, 7) is 2.43. The number of hydrogen-bond donors (Lipinski definition) is 1. The van der Waals surface area contributed by atoms with Gasteiger partial charge in [0.05, 0.1) is 18.2 Å². The van der Waals surface area contributed by atoms with Gasteiger partial charge in [0.1, 0.15) is 18.8 Å². The summed E-state index contributed by atoms with van der Waals surface area (Å²) < 4.78 is 11.5. The Balaban J connectivity index is 0.00000198. The summed E-state index contributed by atoms with van der Waals surface area (Å²) in [5.41, 5.74) is 4.47. The lowest BCUT2D eigenvalue weighted by Crippen LogP contribution is -2.20. The highest BCUT2D eigenvalue weighted by atomic mass is 16.5. The van der Waals surface area contributed by atoms with Crippen LogP contribution < -0.4 is 4.74 Å². The number of carboxylic acid groups (broad SMARTS) is 1. The molecule has 42 heavy (non-hydrogen) atoms. The van der Waals surface area contributed by atoms with Gasteiger partial charge in [0.25, 0.3) is 0 Å². The van der Waals surface area contributed by atoms with Crippen molar-refractivity contribution in [2.24, 2.45) is 5.92 Å². The fraction of sp³-hybridized carbons (Fsp3) is 0.143. The van der Waals surface area contributed by atoms with Crippen LogP contribution in [0.4, 0.5) is 0 Å². The summed E-state index contributed by atoms with van der Waals surface area (Å²) >= 11 is 0. The standard InChI is InChI=1S/C34H29NO5.CH2O/c36-32(25-9-3-1-4-10-25)31-14-8-7-13-27(31)22-28(34(37)38)21-24-15-17-30(18-16-24)39-20-19-29-23-40-33(35-29)26-11-5-2-6-12-26;1-2/h1-18,23,28H,19-22H2,(H,37,38);1H2/t28-;/m1./s1. The maximum atomic E-state index is 13.1. The Kier molecular flexibility index (Phi) is 10.5. The summed E-state index contributed by atoms with van der Waals surface area (Å²) in [6.07, 6.45) is 2.84. The molecule has 0 unspecified atom stereocenters. The zero-order valence-electron chi connectivity index (χ0n) is 23.0. The van der Waals surface area contributed by atoms with Crippen molar-refractivity contribution >= 4 is 18.5 Å². The van der Waals surface area contributed by atoms with E-state index in [0.717, 1.165) is 22.4 Å². The molecule has 0 radical (unpaired) electrons. The van der Waals surface area contributed by atoms with Gasteiger partial charge in [0.2, 0.25) is 5.89 Å². The summed E-state index contributed by atoms with van der Waals surface area (Å²) in [7, 11) is 0. The van der Waals surface area contributed by atoms with E-state index >= 15 is 0 Å². The van der Waals surface area contributed by atoms with Crippen molar-refractivity contribution in [1.82, 2.24) is 4.98 Å². The van der Waals surface area contributed by atoms with Crippen LogP contribution >= 0.6 is 0 Å². The number of hydrogen-bond acceptors (Lipinski definition) is 6. The molecule has 1 N–H and O–H groups in total. The molecule has 0 aliphatic heterocycles. The first-order valence-electron chi connectivity index (χ1n) is 13.5. The average molecular weight is 562 g/mol. The van der Waals surface area contributed by atoms with Gasteiger partial charge in [-0.1, -0.05) is 84.9 Å². The minimum atomic E-state index is -0.898. The van der Waals surface area contributed by atoms with E-state index in [2.05, 4.69) is 4.98 Å². The van der Waals surface area contributed by atoms with E-state index in [1.807, 2.05) is 91.7 Å². The van der Waals surface area contributed by atoms with Crippen LogP contribution in [0.1, 0.15) is 32.7 Å². The molecule has 4 aromatic carbocycles. The highest BCUT2D eigenvalue weighted by Gasteiger charge is 2.22. The van der Waals surface area contributed by atoms with Gasteiger partial charge in [-0.3, -0.25) is 9.59 Å². The first-order valence-corrected chi connectivity index (χ1v) is 13.5. The van der Waals surface area contributed by atoms with E-state index < -0.39 is 11.9 Å². The van der Waals surface area contributed by atoms with Gasteiger partial charge < -0.3 is 19.1 Å². The van der Waals surface area contributed by atoms with E-state index in [4.69, 9.17) is 13.9 Å². The normalized spacial score (nSPS) is 11.1. The van der Waals surface area contributed by atoms with Gasteiger partial charge in [0, 0.05) is 23.1 Å². The average Bonchev–Trinajstić information content (AvgIpc) is 3.52. The largest absolute Gasteiger partial charge is 0.493 e. The van der Waals surface area contributed by atoms with Crippen molar-refractivity contribution in [3.05, 3.63) is 143 Å². The first kappa shape index (κ1) is 29.7. The van der Waals surface area contributed by atoms with E-state index in [0.29, 0.717) is 42.2 Å². The number of aliphatic carboxylic acids is 1. The fourth-order valence-electron chi connectivity index (χ4n) is 4.59. The molecular weight excluding hydrogens is 530 g/mol. The van der Waals surface area contributed by atoms with Gasteiger partial charge in [-0.05, 0) is 48.2 Å². The predicted molar refractivity (Wildman–Crippen MR) is 160 cm³/mol. The van der Waals surface area contributed by atoms with E-state index in [9.17, 15) is 14.7 Å². The van der Waals surface area contributed by atoms with E-state index in [-0.39, 0.29) is 12.2 Å². The molecule has 5 aromatic rings. The Labute approximate surface area is 244 Å². The molecule has 0 saturated heterocycles. The minimum Gasteiger partial charge on any atom is -0.493 e. The number of carbonyl (C=O) groups excluding carboxylic acids is 2. The fourth-order valence-corrected chi connectivity index (χ4v) is 4.59. The Morgan fingerprint density at radius 2 is 1.45 bits per heavy atom. The van der Waals surface area contributed by atoms with Gasteiger partial charge in [-0.2, -0.15) is 0 Å². The monoisotopic (exact) mass is 561 g/mol. The maximum Gasteiger partial charge on any atom is 0.307 e. The molecule has 0 saturated carbocycles. The van der Waals surface area contributed by atoms with Crippen LogP contribution in [0, 0.1) is 5.92 Å². The molecule has 1 heterocycles. The van der Waals surface area contributed by atoms with E-state index in [1.54, 1.807) is 30.5 Å². The predicted octanol–water partition coefficient (Wildman–Crippen LogP) is 6.50. The number of ether oxygens (including phenoxy) is 1. The van der Waals surface area contributed by atoms with Crippen LogP contribution in [0.15, 0.2) is 120 Å². The zero-order valence-corrected chi connectivity index (χ0v) is 23.0. The van der Waals surface area contributed by atoms with Crippen LogP contribution in [0.2, 0.25) is 0 Å². The molecule has 1 atom stereocenters. The topological polar surface area (TPSA) is 107 Å². The van der Waals surface area contributed by atoms with Crippen molar-refractivity contribution in [3.63, 3.8) is 0 Å². The van der Waals surface area contributed by atoms with Crippen molar-refractivity contribution in [1.29, 1.82) is 0 Å². The summed E-state index contributed by atoms with van der Waals surface area (Å²) in [4.78, 5) is 37.8. The molecule has 0 aliphatic carbocycles. The number of nitrogens with zero attached hydrogens (tertiary/aromatic N) is 1. The quantitative estimate of drug-likeness (QED) is 0.173. The highest BCUT2D eigenvalue weighted by molar-refractivity contribution is 6.09. The number of oxazole rings is 1. The molecule has 7 nitrogen and oxygen atoms in total. The number of carboxylic acids is 1. The van der Waals surface area contributed by atoms with Crippen LogP contribution in [-0.4, -0.2) is 35.2 Å². The number of carbonyl (C=O) groups is 3. The second-order valence-corrected chi connectivity index (χ2v) is 9.55. The zero-order chi connectivity index (χ0) is 29.7. The molecule has 7 heteroatoms. The third kappa shape index (κ3) is 7.88. The minimum absolute atomic E-state index is 0.108. The van der Waals surface area contributed by atoms with Gasteiger partial charge in [-0.25, -0.2) is 4.98 Å². The molecule has 0 spiro atoms. The molecule has 0 fully saturated rings. The van der Waals surface area contributed by atoms with Gasteiger partial charge in [-0.15, -0.1) is 0 Å². The molecule has 0 bridgehead atoms. The second-order valence-electron chi connectivity index (χ2n) is 9.55. The second kappa shape index (κ2) is 14.9. The number of aromatic nitrogens is 1. The van der Waals surface area contributed by atoms with Crippen LogP contribution in [0.3, 0.4) is 0 Å². The third-order valence-corrected chi connectivity index (χ3v) is 6.72. The van der Waals surface area contributed by atoms with Crippen molar-refractivity contribution in [2.45, 2.75) is 19.3 Å². The summed E-state index contributed by atoms with van der Waals surface area (Å²) in [6, 6.07) is 33.5.